The molecule has 1 saturated carbocycles. The van der Waals surface area contributed by atoms with Crippen LogP contribution in [0, 0.1) is 5.82 Å². The topological polar surface area (TPSA) is 68.3 Å². The smallest absolute Gasteiger partial charge is 0.260 e. The third kappa shape index (κ3) is 3.05. The van der Waals surface area contributed by atoms with Gasteiger partial charge in [0.05, 0.1) is 11.1 Å². The maximum Gasteiger partial charge on any atom is 0.260 e. The molecule has 144 valence electrons. The summed E-state index contributed by atoms with van der Waals surface area (Å²) in [4.78, 5) is 26.8. The van der Waals surface area contributed by atoms with E-state index in [1.807, 2.05) is 25.1 Å². The van der Waals surface area contributed by atoms with Crippen molar-refractivity contribution in [3.05, 3.63) is 69.8 Å². The molecule has 3 aromatic rings. The molecule has 2 aromatic carbocycles. The fourth-order valence-electron chi connectivity index (χ4n) is 3.69. The molecule has 0 bridgehead atoms. The van der Waals surface area contributed by atoms with E-state index in [0.717, 1.165) is 35.4 Å². The van der Waals surface area contributed by atoms with Crippen LogP contribution < -0.4 is 16.2 Å². The number of nitrogen functional groups attached to an aromatic ring is 1. The van der Waals surface area contributed by atoms with Gasteiger partial charge in [0, 0.05) is 36.4 Å². The number of pyridine rings is 1. The molecule has 1 fully saturated rings. The van der Waals surface area contributed by atoms with Gasteiger partial charge in [0.25, 0.3) is 11.5 Å². The number of anilines is 2. The van der Waals surface area contributed by atoms with Crippen LogP contribution in [0.25, 0.3) is 10.9 Å². The first kappa shape index (κ1) is 18.2. The first-order chi connectivity index (χ1) is 13.4. The van der Waals surface area contributed by atoms with Gasteiger partial charge in [-0.2, -0.15) is 0 Å². The van der Waals surface area contributed by atoms with E-state index in [2.05, 4.69) is 0 Å². The molecular weight excluding hydrogens is 357 g/mol. The first-order valence-electron chi connectivity index (χ1n) is 9.41. The van der Waals surface area contributed by atoms with Crippen molar-refractivity contribution in [3.63, 3.8) is 0 Å². The molecule has 1 aliphatic carbocycles. The molecule has 1 heterocycles. The lowest BCUT2D eigenvalue weighted by Crippen LogP contribution is -2.27. The summed E-state index contributed by atoms with van der Waals surface area (Å²) >= 11 is 0. The highest BCUT2D eigenvalue weighted by atomic mass is 19.1. The summed E-state index contributed by atoms with van der Waals surface area (Å²) < 4.78 is 15.0. The lowest BCUT2D eigenvalue weighted by molar-refractivity contribution is 0.0994. The van der Waals surface area contributed by atoms with E-state index in [1.54, 1.807) is 17.7 Å². The molecule has 4 rings (SSSR count). The second-order valence-corrected chi connectivity index (χ2v) is 7.25. The molecule has 1 amide bonds. The number of amides is 1. The number of carbonyl (C=O) groups is 1. The highest BCUT2D eigenvalue weighted by molar-refractivity contribution is 6.09. The molecule has 6 heteroatoms. The van der Waals surface area contributed by atoms with Crippen LogP contribution in [-0.4, -0.2) is 17.5 Å². The van der Waals surface area contributed by atoms with Crippen molar-refractivity contribution in [2.24, 2.45) is 0 Å². The number of benzene rings is 2. The fraction of sp³-hybridized carbons (Fsp3) is 0.273. The minimum Gasteiger partial charge on any atom is -0.398 e. The summed E-state index contributed by atoms with van der Waals surface area (Å²) in [6, 6.07) is 11.2. The number of halogens is 1. The molecule has 1 aliphatic rings. The van der Waals surface area contributed by atoms with Crippen molar-refractivity contribution in [1.82, 2.24) is 4.57 Å². The molecule has 28 heavy (non-hydrogen) atoms. The van der Waals surface area contributed by atoms with Crippen molar-refractivity contribution in [1.29, 1.82) is 0 Å². The van der Waals surface area contributed by atoms with Crippen LogP contribution >= 0.6 is 0 Å². The van der Waals surface area contributed by atoms with Crippen LogP contribution in [0.3, 0.4) is 0 Å². The molecule has 2 N–H and O–H groups in total. The van der Waals surface area contributed by atoms with E-state index in [1.165, 1.54) is 17.0 Å². The Kier molecular flexibility index (Phi) is 4.41. The van der Waals surface area contributed by atoms with Gasteiger partial charge in [-0.1, -0.05) is 0 Å². The Bertz CT molecular complexity index is 1150. The quantitative estimate of drug-likeness (QED) is 0.699. The van der Waals surface area contributed by atoms with Crippen LogP contribution in [0.15, 0.2) is 47.3 Å². The second kappa shape index (κ2) is 6.78. The van der Waals surface area contributed by atoms with Crippen LogP contribution in [0.2, 0.25) is 0 Å². The highest BCUT2D eigenvalue weighted by Gasteiger charge is 2.27. The Morgan fingerprint density at radius 3 is 2.61 bits per heavy atom. The average Bonchev–Trinajstić information content (AvgIpc) is 3.51. The molecule has 0 radical (unpaired) electrons. The predicted octanol–water partition coefficient (Wildman–Crippen LogP) is 3.90. The zero-order valence-corrected chi connectivity index (χ0v) is 15.9. The molecular formula is C22H22FN3O2. The van der Waals surface area contributed by atoms with Gasteiger partial charge >= 0.3 is 0 Å². The Hall–Kier alpha value is -3.15. The van der Waals surface area contributed by atoms with E-state index >= 15 is 0 Å². The molecule has 0 aliphatic heterocycles. The van der Waals surface area contributed by atoms with E-state index in [0.29, 0.717) is 18.2 Å². The Balaban J connectivity index is 1.80. The van der Waals surface area contributed by atoms with E-state index in [9.17, 15) is 14.0 Å². The molecule has 0 unspecified atom stereocenters. The summed E-state index contributed by atoms with van der Waals surface area (Å²) in [5.41, 5.74) is 8.83. The van der Waals surface area contributed by atoms with Gasteiger partial charge in [0.1, 0.15) is 5.82 Å². The standard InChI is InChI=1S/C22H22FN3O2/c1-3-26-20-9-7-15(11-18(20)17(12-21(26)27)13-4-5-13)25(2)22(28)16-8-6-14(23)10-19(16)24/h6-13H,3-5,24H2,1-2H3. The predicted molar refractivity (Wildman–Crippen MR) is 109 cm³/mol. The van der Waals surface area contributed by atoms with Gasteiger partial charge < -0.3 is 15.2 Å². The van der Waals surface area contributed by atoms with Crippen LogP contribution in [-0.2, 0) is 6.54 Å². The fourth-order valence-corrected chi connectivity index (χ4v) is 3.69. The molecule has 0 saturated heterocycles. The minimum atomic E-state index is -0.478. The molecule has 1 aromatic heterocycles. The number of carbonyl (C=O) groups excluding carboxylic acids is 1. The normalized spacial score (nSPS) is 13.7. The van der Waals surface area contributed by atoms with Gasteiger partial charge in [-0.15, -0.1) is 0 Å². The molecule has 5 nitrogen and oxygen atoms in total. The minimum absolute atomic E-state index is 0.00756. The number of hydrogen-bond acceptors (Lipinski definition) is 3. The largest absolute Gasteiger partial charge is 0.398 e. The summed E-state index contributed by atoms with van der Waals surface area (Å²) in [5.74, 6) is -0.381. The number of nitrogens with two attached hydrogens (primary N) is 1. The Morgan fingerprint density at radius 2 is 1.96 bits per heavy atom. The third-order valence-electron chi connectivity index (χ3n) is 5.40. The van der Waals surface area contributed by atoms with E-state index in [-0.39, 0.29) is 22.7 Å². The van der Waals surface area contributed by atoms with Gasteiger partial charge in [0.15, 0.2) is 0 Å². The van der Waals surface area contributed by atoms with Crippen LogP contribution in [0.4, 0.5) is 15.8 Å². The summed E-state index contributed by atoms with van der Waals surface area (Å²) in [6.45, 7) is 2.53. The molecule has 0 spiro atoms. The average molecular weight is 379 g/mol. The number of aromatic nitrogens is 1. The summed E-state index contributed by atoms with van der Waals surface area (Å²) in [7, 11) is 1.67. The van der Waals surface area contributed by atoms with E-state index < -0.39 is 5.82 Å². The number of aryl methyl sites for hydroxylation is 1. The number of nitrogens with zero attached hydrogens (tertiary/aromatic N) is 2. The zero-order valence-electron chi connectivity index (χ0n) is 15.9. The lowest BCUT2D eigenvalue weighted by Gasteiger charge is -2.20. The van der Waals surface area contributed by atoms with Crippen molar-refractivity contribution in [2.75, 3.05) is 17.7 Å². The van der Waals surface area contributed by atoms with Gasteiger partial charge in [-0.25, -0.2) is 4.39 Å². The number of hydrogen-bond donors (Lipinski definition) is 1. The summed E-state index contributed by atoms with van der Waals surface area (Å²) in [6.07, 6.45) is 2.16. The van der Waals surface area contributed by atoms with Crippen LogP contribution in [0.1, 0.15) is 41.6 Å². The SMILES string of the molecule is CCn1c(=O)cc(C2CC2)c2cc(N(C)C(=O)c3ccc(F)cc3N)ccc21. The van der Waals surface area contributed by atoms with Gasteiger partial charge in [-0.05, 0) is 67.6 Å². The number of fused-ring (bicyclic) bond motifs is 1. The summed E-state index contributed by atoms with van der Waals surface area (Å²) in [5, 5.41) is 0.994. The highest BCUT2D eigenvalue weighted by Crippen LogP contribution is 2.43. The maximum absolute atomic E-state index is 13.3. The van der Waals surface area contributed by atoms with Crippen molar-refractivity contribution >= 4 is 28.2 Å². The van der Waals surface area contributed by atoms with Gasteiger partial charge in [0.2, 0.25) is 0 Å². The van der Waals surface area contributed by atoms with Crippen molar-refractivity contribution < 1.29 is 9.18 Å². The maximum atomic E-state index is 13.3. The van der Waals surface area contributed by atoms with E-state index in [4.69, 9.17) is 5.73 Å². The lowest BCUT2D eigenvalue weighted by atomic mass is 10.0. The second-order valence-electron chi connectivity index (χ2n) is 7.25. The van der Waals surface area contributed by atoms with Crippen molar-refractivity contribution in [3.8, 4) is 0 Å². The van der Waals surface area contributed by atoms with Crippen molar-refractivity contribution in [2.45, 2.75) is 32.2 Å². The first-order valence-corrected chi connectivity index (χ1v) is 9.41. The third-order valence-corrected chi connectivity index (χ3v) is 5.40. The monoisotopic (exact) mass is 379 g/mol. The Morgan fingerprint density at radius 1 is 1.21 bits per heavy atom. The zero-order chi connectivity index (χ0) is 20.0. The molecule has 0 atom stereocenters. The Labute approximate surface area is 162 Å². The van der Waals surface area contributed by atoms with Gasteiger partial charge in [-0.3, -0.25) is 9.59 Å². The van der Waals surface area contributed by atoms with Crippen LogP contribution in [0.5, 0.6) is 0 Å². The number of rotatable bonds is 4.